The lowest BCUT2D eigenvalue weighted by atomic mass is 10.1. The first kappa shape index (κ1) is 18.5. The number of halogens is 1. The first-order valence-corrected chi connectivity index (χ1v) is 7.29. The van der Waals surface area contributed by atoms with E-state index in [1.165, 1.54) is 10.9 Å². The molecule has 2 aromatic rings. The van der Waals surface area contributed by atoms with Crippen LogP contribution in [0.4, 0.5) is 0 Å². The van der Waals surface area contributed by atoms with Gasteiger partial charge in [-0.25, -0.2) is 0 Å². The molecule has 1 aromatic heterocycles. The molecule has 0 radical (unpaired) electrons. The van der Waals surface area contributed by atoms with Crippen molar-refractivity contribution >= 4 is 29.2 Å². The highest BCUT2D eigenvalue weighted by molar-refractivity contribution is 5.85. The van der Waals surface area contributed by atoms with Gasteiger partial charge in [-0.3, -0.25) is 4.79 Å². The number of benzene rings is 1. The summed E-state index contributed by atoms with van der Waals surface area (Å²) >= 11 is 0. The molecular formula is C16H24ClN3O2. The van der Waals surface area contributed by atoms with Gasteiger partial charge in [-0.15, -0.1) is 12.4 Å². The van der Waals surface area contributed by atoms with Crippen molar-refractivity contribution in [2.24, 2.45) is 5.73 Å². The number of para-hydroxylation sites is 1. The van der Waals surface area contributed by atoms with E-state index >= 15 is 0 Å². The van der Waals surface area contributed by atoms with E-state index in [4.69, 9.17) is 10.5 Å². The molecule has 0 aliphatic heterocycles. The molecule has 0 spiro atoms. The highest BCUT2D eigenvalue weighted by Gasteiger charge is 2.10. The largest absolute Gasteiger partial charge is 0.380 e. The number of carbonyl (C=O) groups excluding carboxylic acids is 1. The molecule has 0 fully saturated rings. The zero-order valence-electron chi connectivity index (χ0n) is 12.8. The Morgan fingerprint density at radius 2 is 2.18 bits per heavy atom. The number of aromatic amines is 1. The molecule has 0 bridgehead atoms. The minimum atomic E-state index is -0.196. The number of rotatable bonds is 8. The molecule has 1 atom stereocenters. The SMILES string of the molecule is COC(CN)CC(=O)NCCCc1c[nH]c2ccccc12.Cl. The molecule has 0 saturated carbocycles. The van der Waals surface area contributed by atoms with E-state index in [9.17, 15) is 4.79 Å². The fourth-order valence-corrected chi connectivity index (χ4v) is 2.39. The molecule has 1 unspecified atom stereocenters. The first-order chi connectivity index (χ1) is 10.2. The molecule has 0 saturated heterocycles. The van der Waals surface area contributed by atoms with Crippen LogP contribution in [-0.2, 0) is 16.0 Å². The number of nitrogens with two attached hydrogens (primary N) is 1. The molecule has 0 aliphatic carbocycles. The fraction of sp³-hybridized carbons (Fsp3) is 0.438. The van der Waals surface area contributed by atoms with Gasteiger partial charge in [0.25, 0.3) is 0 Å². The molecule has 5 nitrogen and oxygen atoms in total. The van der Waals surface area contributed by atoms with Gasteiger partial charge in [0.2, 0.25) is 5.91 Å². The molecule has 1 amide bonds. The fourth-order valence-electron chi connectivity index (χ4n) is 2.39. The number of hydrogen-bond donors (Lipinski definition) is 3. The Bertz CT molecular complexity index is 582. The van der Waals surface area contributed by atoms with Crippen molar-refractivity contribution < 1.29 is 9.53 Å². The lowest BCUT2D eigenvalue weighted by Gasteiger charge is -2.12. The quantitative estimate of drug-likeness (QED) is 0.649. The van der Waals surface area contributed by atoms with Crippen molar-refractivity contribution in [3.05, 3.63) is 36.0 Å². The van der Waals surface area contributed by atoms with Gasteiger partial charge < -0.3 is 20.8 Å². The van der Waals surface area contributed by atoms with Crippen LogP contribution in [0.1, 0.15) is 18.4 Å². The van der Waals surface area contributed by atoms with Crippen LogP contribution in [0.2, 0.25) is 0 Å². The van der Waals surface area contributed by atoms with Gasteiger partial charge in [0, 0.05) is 37.3 Å². The van der Waals surface area contributed by atoms with Crippen LogP contribution in [-0.4, -0.2) is 37.2 Å². The maximum atomic E-state index is 11.7. The number of methoxy groups -OCH3 is 1. The van der Waals surface area contributed by atoms with E-state index in [0.717, 1.165) is 18.4 Å². The molecule has 0 aliphatic rings. The molecule has 6 heteroatoms. The zero-order valence-corrected chi connectivity index (χ0v) is 13.6. The van der Waals surface area contributed by atoms with E-state index in [1.807, 2.05) is 18.3 Å². The Hall–Kier alpha value is -1.56. The standard InChI is InChI=1S/C16H23N3O2.ClH/c1-21-13(10-17)9-16(20)18-8-4-5-12-11-19-15-7-3-2-6-14(12)15;/h2-3,6-7,11,13,19H,4-5,8-10,17H2,1H3,(H,18,20);1H. The second kappa shape index (κ2) is 9.46. The van der Waals surface area contributed by atoms with Gasteiger partial charge >= 0.3 is 0 Å². The monoisotopic (exact) mass is 325 g/mol. The van der Waals surface area contributed by atoms with Crippen LogP contribution >= 0.6 is 12.4 Å². The van der Waals surface area contributed by atoms with E-state index in [0.29, 0.717) is 19.5 Å². The molecule has 22 heavy (non-hydrogen) atoms. The van der Waals surface area contributed by atoms with Gasteiger partial charge in [0.05, 0.1) is 12.5 Å². The summed E-state index contributed by atoms with van der Waals surface area (Å²) in [6.07, 6.45) is 4.02. The number of aryl methyl sites for hydroxylation is 1. The Labute approximate surface area is 137 Å². The predicted octanol–water partition coefficient (Wildman–Crippen LogP) is 2.00. The lowest BCUT2D eigenvalue weighted by Crippen LogP contribution is -2.32. The second-order valence-electron chi connectivity index (χ2n) is 5.11. The minimum absolute atomic E-state index is 0. The Balaban J connectivity index is 0.00000242. The maximum absolute atomic E-state index is 11.7. The predicted molar refractivity (Wildman–Crippen MR) is 91.3 cm³/mol. The van der Waals surface area contributed by atoms with Crippen LogP contribution in [0.5, 0.6) is 0 Å². The first-order valence-electron chi connectivity index (χ1n) is 7.29. The van der Waals surface area contributed by atoms with Crippen molar-refractivity contribution in [2.45, 2.75) is 25.4 Å². The lowest BCUT2D eigenvalue weighted by molar-refractivity contribution is -0.123. The van der Waals surface area contributed by atoms with Gasteiger partial charge in [-0.2, -0.15) is 0 Å². The third-order valence-electron chi connectivity index (χ3n) is 3.63. The highest BCUT2D eigenvalue weighted by Crippen LogP contribution is 2.18. The van der Waals surface area contributed by atoms with Gasteiger partial charge in [0.15, 0.2) is 0 Å². The number of carbonyl (C=O) groups is 1. The number of amides is 1. The van der Waals surface area contributed by atoms with Crippen LogP contribution in [0.15, 0.2) is 30.5 Å². The van der Waals surface area contributed by atoms with E-state index in [-0.39, 0.29) is 24.4 Å². The Kier molecular flexibility index (Phi) is 7.95. The van der Waals surface area contributed by atoms with Crippen LogP contribution in [0.25, 0.3) is 10.9 Å². The molecule has 1 aromatic carbocycles. The molecular weight excluding hydrogens is 302 g/mol. The van der Waals surface area contributed by atoms with Gasteiger partial charge in [0.1, 0.15) is 0 Å². The summed E-state index contributed by atoms with van der Waals surface area (Å²) in [5.74, 6) is -0.00812. The summed E-state index contributed by atoms with van der Waals surface area (Å²) < 4.78 is 5.09. The number of fused-ring (bicyclic) bond motifs is 1. The van der Waals surface area contributed by atoms with Crippen molar-refractivity contribution in [3.8, 4) is 0 Å². The van der Waals surface area contributed by atoms with Crippen LogP contribution in [0, 0.1) is 0 Å². The zero-order chi connectivity index (χ0) is 15.1. The summed E-state index contributed by atoms with van der Waals surface area (Å²) in [5.41, 5.74) is 7.94. The van der Waals surface area contributed by atoms with Crippen LogP contribution in [0.3, 0.4) is 0 Å². The average molecular weight is 326 g/mol. The summed E-state index contributed by atoms with van der Waals surface area (Å²) in [6, 6.07) is 8.24. The molecule has 122 valence electrons. The number of hydrogen-bond acceptors (Lipinski definition) is 3. The number of ether oxygens (including phenoxy) is 1. The van der Waals surface area contributed by atoms with Crippen molar-refractivity contribution in [3.63, 3.8) is 0 Å². The van der Waals surface area contributed by atoms with Crippen molar-refractivity contribution in [2.75, 3.05) is 20.2 Å². The maximum Gasteiger partial charge on any atom is 0.222 e. The summed E-state index contributed by atoms with van der Waals surface area (Å²) in [6.45, 7) is 1.03. The van der Waals surface area contributed by atoms with E-state index in [2.05, 4.69) is 22.4 Å². The summed E-state index contributed by atoms with van der Waals surface area (Å²) in [4.78, 5) is 15.0. The number of nitrogens with one attached hydrogen (secondary N) is 2. The van der Waals surface area contributed by atoms with Crippen molar-refractivity contribution in [1.29, 1.82) is 0 Å². The minimum Gasteiger partial charge on any atom is -0.380 e. The third-order valence-corrected chi connectivity index (χ3v) is 3.63. The summed E-state index contributed by atoms with van der Waals surface area (Å²) in [5, 5.41) is 4.16. The van der Waals surface area contributed by atoms with Crippen molar-refractivity contribution in [1.82, 2.24) is 10.3 Å². The van der Waals surface area contributed by atoms with E-state index in [1.54, 1.807) is 7.11 Å². The molecule has 1 heterocycles. The topological polar surface area (TPSA) is 80.1 Å². The van der Waals surface area contributed by atoms with Gasteiger partial charge in [-0.1, -0.05) is 18.2 Å². The second-order valence-corrected chi connectivity index (χ2v) is 5.11. The summed E-state index contributed by atoms with van der Waals surface area (Å²) in [7, 11) is 1.57. The average Bonchev–Trinajstić information content (AvgIpc) is 2.92. The Morgan fingerprint density at radius 3 is 2.91 bits per heavy atom. The highest BCUT2D eigenvalue weighted by atomic mass is 35.5. The molecule has 4 N–H and O–H groups in total. The smallest absolute Gasteiger partial charge is 0.222 e. The Morgan fingerprint density at radius 1 is 1.41 bits per heavy atom. The third kappa shape index (κ3) is 5.02. The van der Waals surface area contributed by atoms with E-state index < -0.39 is 0 Å². The number of aromatic nitrogens is 1. The number of H-pyrrole nitrogens is 1. The normalized spacial score (nSPS) is 11.9. The van der Waals surface area contributed by atoms with Crippen LogP contribution < -0.4 is 11.1 Å². The molecule has 2 rings (SSSR count). The van der Waals surface area contributed by atoms with Gasteiger partial charge in [-0.05, 0) is 24.5 Å².